The Hall–Kier alpha value is -4.27. The predicted molar refractivity (Wildman–Crippen MR) is 136 cm³/mol. The van der Waals surface area contributed by atoms with Crippen LogP contribution in [0.1, 0.15) is 45.2 Å². The van der Waals surface area contributed by atoms with Crippen molar-refractivity contribution in [1.82, 2.24) is 14.9 Å². The molecule has 1 N–H and O–H groups in total. The Bertz CT molecular complexity index is 1210. The number of carboxylic acid groups (broad SMARTS) is 1. The lowest BCUT2D eigenvalue weighted by atomic mass is 9.93. The lowest BCUT2D eigenvalue weighted by molar-refractivity contribution is -0.171. The molecule has 194 valence electrons. The van der Waals surface area contributed by atoms with Gasteiger partial charge in [0.2, 0.25) is 11.8 Å². The average Bonchev–Trinajstić information content (AvgIpc) is 2.88. The van der Waals surface area contributed by atoms with Crippen LogP contribution in [0.5, 0.6) is 0 Å². The van der Waals surface area contributed by atoms with Gasteiger partial charge in [-0.15, -0.1) is 0 Å². The minimum Gasteiger partial charge on any atom is -0.475 e. The van der Waals surface area contributed by atoms with Crippen molar-refractivity contribution in [2.45, 2.75) is 52.6 Å². The Morgan fingerprint density at radius 3 is 2.03 bits per heavy atom. The third kappa shape index (κ3) is 5.77. The number of carbonyl (C=O) groups excluding carboxylic acids is 4. The summed E-state index contributed by atoms with van der Waals surface area (Å²) in [5.74, 6) is -4.88. The second kappa shape index (κ2) is 11.6. The lowest BCUT2D eigenvalue weighted by Crippen LogP contribution is -2.64. The molecule has 9 heteroatoms. The first-order chi connectivity index (χ1) is 17.6. The summed E-state index contributed by atoms with van der Waals surface area (Å²) in [6, 6.07) is 14.9. The summed E-state index contributed by atoms with van der Waals surface area (Å²) in [7, 11) is 0. The fraction of sp³-hybridized carbons (Fsp3) is 0.321. The Balaban J connectivity index is 2.27. The molecule has 2 aromatic rings. The zero-order chi connectivity index (χ0) is 27.3. The quantitative estimate of drug-likeness (QED) is 0.524. The molecule has 1 heterocycles. The number of benzene rings is 2. The highest BCUT2D eigenvalue weighted by atomic mass is 16.4. The van der Waals surface area contributed by atoms with Gasteiger partial charge in [-0.1, -0.05) is 80.9 Å². The minimum absolute atomic E-state index is 0.123. The number of hydrogen-bond acceptors (Lipinski definition) is 5. The van der Waals surface area contributed by atoms with Crippen molar-refractivity contribution in [3.8, 4) is 0 Å². The van der Waals surface area contributed by atoms with E-state index < -0.39 is 35.7 Å². The molecule has 0 saturated carbocycles. The van der Waals surface area contributed by atoms with E-state index in [4.69, 9.17) is 0 Å². The minimum atomic E-state index is -1.72. The summed E-state index contributed by atoms with van der Waals surface area (Å²) in [6.07, 6.45) is 1.93. The SMILES string of the molecule is CCC(C)C1C(=O)N(N(C(C)=O)[C@@H](Cc2ccccc2)C(=O)C(=O)O)C(c2ccccc2)=CN1C(C)=O. The van der Waals surface area contributed by atoms with E-state index >= 15 is 0 Å². The van der Waals surface area contributed by atoms with Crippen molar-refractivity contribution in [3.05, 3.63) is 78.0 Å². The fourth-order valence-corrected chi connectivity index (χ4v) is 4.46. The van der Waals surface area contributed by atoms with Gasteiger partial charge < -0.3 is 10.0 Å². The predicted octanol–water partition coefficient (Wildman–Crippen LogP) is 3.12. The molecule has 2 unspecified atom stereocenters. The maximum Gasteiger partial charge on any atom is 0.374 e. The second-order valence-electron chi connectivity index (χ2n) is 9.03. The molecule has 1 aliphatic heterocycles. The number of hydrazine groups is 1. The van der Waals surface area contributed by atoms with E-state index in [2.05, 4.69) is 0 Å². The number of aliphatic carboxylic acids is 1. The van der Waals surface area contributed by atoms with Crippen LogP contribution in [-0.2, 0) is 30.4 Å². The van der Waals surface area contributed by atoms with Crippen LogP contribution in [0.4, 0.5) is 0 Å². The number of carbonyl (C=O) groups is 5. The molecule has 0 spiro atoms. The summed E-state index contributed by atoms with van der Waals surface area (Å²) in [6.45, 7) is 6.23. The molecule has 2 aromatic carbocycles. The third-order valence-electron chi connectivity index (χ3n) is 6.49. The first kappa shape index (κ1) is 27.3. The van der Waals surface area contributed by atoms with Gasteiger partial charge in [0.1, 0.15) is 12.1 Å². The number of carboxylic acids is 1. The van der Waals surface area contributed by atoms with Gasteiger partial charge in [-0.3, -0.25) is 19.2 Å². The number of nitrogens with zero attached hydrogens (tertiary/aromatic N) is 3. The monoisotopic (exact) mass is 505 g/mol. The Morgan fingerprint density at radius 2 is 1.54 bits per heavy atom. The van der Waals surface area contributed by atoms with Crippen LogP contribution >= 0.6 is 0 Å². The van der Waals surface area contributed by atoms with Gasteiger partial charge in [0, 0.05) is 32.0 Å². The molecule has 3 atom stereocenters. The first-order valence-corrected chi connectivity index (χ1v) is 12.1. The molecular formula is C28H31N3O6. The zero-order valence-corrected chi connectivity index (χ0v) is 21.3. The van der Waals surface area contributed by atoms with Gasteiger partial charge >= 0.3 is 5.97 Å². The second-order valence-corrected chi connectivity index (χ2v) is 9.03. The van der Waals surface area contributed by atoms with Gasteiger partial charge in [0.05, 0.1) is 5.70 Å². The van der Waals surface area contributed by atoms with Gasteiger partial charge in [0.15, 0.2) is 0 Å². The van der Waals surface area contributed by atoms with Crippen molar-refractivity contribution in [1.29, 1.82) is 0 Å². The molecule has 0 aromatic heterocycles. The van der Waals surface area contributed by atoms with E-state index in [1.165, 1.54) is 24.9 Å². The maximum atomic E-state index is 14.2. The van der Waals surface area contributed by atoms with E-state index in [0.717, 1.165) is 10.0 Å². The van der Waals surface area contributed by atoms with E-state index in [9.17, 15) is 29.1 Å². The van der Waals surface area contributed by atoms with Gasteiger partial charge in [-0.25, -0.2) is 14.8 Å². The Morgan fingerprint density at radius 1 is 0.973 bits per heavy atom. The van der Waals surface area contributed by atoms with Crippen molar-refractivity contribution in [2.75, 3.05) is 0 Å². The fourth-order valence-electron chi connectivity index (χ4n) is 4.46. The number of Topliss-reactive ketones (excluding diaryl/α,β-unsaturated/α-hetero) is 1. The van der Waals surface area contributed by atoms with E-state index in [0.29, 0.717) is 17.5 Å². The third-order valence-corrected chi connectivity index (χ3v) is 6.49. The Kier molecular flexibility index (Phi) is 8.60. The molecule has 0 aliphatic carbocycles. The van der Waals surface area contributed by atoms with E-state index in [-0.39, 0.29) is 23.9 Å². The number of ketones is 1. The van der Waals surface area contributed by atoms with Crippen molar-refractivity contribution < 1.29 is 29.1 Å². The molecule has 0 fully saturated rings. The molecular weight excluding hydrogens is 474 g/mol. The lowest BCUT2D eigenvalue weighted by Gasteiger charge is -2.46. The van der Waals surface area contributed by atoms with Crippen LogP contribution in [0.2, 0.25) is 0 Å². The van der Waals surface area contributed by atoms with Crippen LogP contribution in [-0.4, -0.2) is 61.6 Å². The molecule has 0 saturated heterocycles. The summed E-state index contributed by atoms with van der Waals surface area (Å²) in [5, 5.41) is 11.7. The van der Waals surface area contributed by atoms with Gasteiger partial charge in [0.25, 0.3) is 11.7 Å². The largest absolute Gasteiger partial charge is 0.475 e. The van der Waals surface area contributed by atoms with Crippen molar-refractivity contribution in [2.24, 2.45) is 5.92 Å². The molecule has 0 radical (unpaired) electrons. The molecule has 1 aliphatic rings. The van der Waals surface area contributed by atoms with Crippen LogP contribution in [0.3, 0.4) is 0 Å². The summed E-state index contributed by atoms with van der Waals surface area (Å²) in [4.78, 5) is 66.2. The van der Waals surface area contributed by atoms with Gasteiger partial charge in [-0.05, 0) is 11.5 Å². The van der Waals surface area contributed by atoms with Crippen LogP contribution in [0.15, 0.2) is 66.9 Å². The topological polar surface area (TPSA) is 115 Å². The molecule has 37 heavy (non-hydrogen) atoms. The standard InChI is InChI=1S/C28H31N3O6/c1-5-18(2)25-27(35)31(24(17-29(25)19(3)32)22-14-10-7-11-15-22)30(20(4)33)23(26(34)28(36)37)16-21-12-8-6-9-13-21/h6-15,17-18,23,25H,5,16H2,1-4H3,(H,36,37)/t18?,23-,25?/m0/s1. The highest BCUT2D eigenvalue weighted by molar-refractivity contribution is 6.35. The summed E-state index contributed by atoms with van der Waals surface area (Å²) < 4.78 is 0. The normalized spacial score (nSPS) is 17.0. The van der Waals surface area contributed by atoms with Crippen LogP contribution in [0.25, 0.3) is 5.70 Å². The van der Waals surface area contributed by atoms with Crippen molar-refractivity contribution in [3.63, 3.8) is 0 Å². The molecule has 3 rings (SSSR count). The molecule has 3 amide bonds. The van der Waals surface area contributed by atoms with Crippen LogP contribution < -0.4 is 0 Å². The van der Waals surface area contributed by atoms with E-state index in [1.54, 1.807) is 60.7 Å². The van der Waals surface area contributed by atoms with Gasteiger partial charge in [-0.2, -0.15) is 0 Å². The highest BCUT2D eigenvalue weighted by Gasteiger charge is 2.47. The maximum absolute atomic E-state index is 14.2. The zero-order valence-electron chi connectivity index (χ0n) is 21.3. The number of rotatable bonds is 9. The first-order valence-electron chi connectivity index (χ1n) is 12.1. The average molecular weight is 506 g/mol. The molecule has 9 nitrogen and oxygen atoms in total. The van der Waals surface area contributed by atoms with E-state index in [1.807, 2.05) is 13.8 Å². The number of hydrogen-bond donors (Lipinski definition) is 1. The molecule has 0 bridgehead atoms. The Labute approximate surface area is 215 Å². The highest BCUT2D eigenvalue weighted by Crippen LogP contribution is 2.34. The van der Waals surface area contributed by atoms with Crippen LogP contribution in [0, 0.1) is 5.92 Å². The summed E-state index contributed by atoms with van der Waals surface area (Å²) in [5.41, 5.74) is 1.32. The van der Waals surface area contributed by atoms with Crippen molar-refractivity contribution >= 4 is 35.2 Å². The smallest absolute Gasteiger partial charge is 0.374 e. The number of amides is 3. The summed E-state index contributed by atoms with van der Waals surface area (Å²) >= 11 is 0.